The first kappa shape index (κ1) is 17.4. The molecule has 0 saturated heterocycles. The van der Waals surface area contributed by atoms with Crippen molar-refractivity contribution in [3.63, 3.8) is 0 Å². The first-order valence-electron chi connectivity index (χ1n) is 7.33. The summed E-state index contributed by atoms with van der Waals surface area (Å²) in [6.07, 6.45) is 0. The van der Waals surface area contributed by atoms with Gasteiger partial charge in [0.1, 0.15) is 0 Å². The number of carbonyl (C=O) groups is 1. The summed E-state index contributed by atoms with van der Waals surface area (Å²) in [4.78, 5) is 14.1. The van der Waals surface area contributed by atoms with Gasteiger partial charge in [-0.3, -0.25) is 4.79 Å². The third kappa shape index (κ3) is 5.97. The summed E-state index contributed by atoms with van der Waals surface area (Å²) in [6, 6.07) is 14.0. The Morgan fingerprint density at radius 1 is 1.35 bits per heavy atom. The molecule has 0 saturated carbocycles. The van der Waals surface area contributed by atoms with E-state index in [9.17, 15) is 4.79 Å². The van der Waals surface area contributed by atoms with E-state index in [1.807, 2.05) is 48.7 Å². The minimum atomic E-state index is -0.0383. The summed E-state index contributed by atoms with van der Waals surface area (Å²) >= 11 is 3.26. The molecule has 2 rings (SSSR count). The van der Waals surface area contributed by atoms with Gasteiger partial charge in [-0.1, -0.05) is 18.2 Å². The Labute approximate surface area is 144 Å². The van der Waals surface area contributed by atoms with E-state index in [-0.39, 0.29) is 18.4 Å². The lowest BCUT2D eigenvalue weighted by Crippen LogP contribution is -2.29. The van der Waals surface area contributed by atoms with Crippen molar-refractivity contribution in [2.75, 3.05) is 17.6 Å². The van der Waals surface area contributed by atoms with Crippen LogP contribution < -0.4 is 10.6 Å². The molecule has 0 bridgehead atoms. The van der Waals surface area contributed by atoms with Crippen LogP contribution in [0, 0.1) is 17.2 Å². The summed E-state index contributed by atoms with van der Waals surface area (Å²) in [5.41, 5.74) is 0.925. The predicted octanol–water partition coefficient (Wildman–Crippen LogP) is 3.73. The van der Waals surface area contributed by atoms with Crippen molar-refractivity contribution in [2.45, 2.75) is 18.4 Å². The zero-order valence-corrected chi connectivity index (χ0v) is 14.5. The molecule has 0 aliphatic carbocycles. The Morgan fingerprint density at radius 2 is 2.17 bits per heavy atom. The summed E-state index contributed by atoms with van der Waals surface area (Å²) in [7, 11) is 0. The number of thioether (sulfide) groups is 1. The molecular formula is C17H19N3OS2. The molecule has 0 spiro atoms. The molecule has 1 amide bonds. The highest BCUT2D eigenvalue weighted by Gasteiger charge is 2.07. The SMILES string of the molecule is C[C@@H](C#N)CSc1ccccc1NCC(=O)NCc1cccs1. The van der Waals surface area contributed by atoms with Crippen LogP contribution in [-0.4, -0.2) is 18.2 Å². The first-order valence-corrected chi connectivity index (χ1v) is 9.20. The number of nitriles is 1. The highest BCUT2D eigenvalue weighted by molar-refractivity contribution is 7.99. The largest absolute Gasteiger partial charge is 0.375 e. The fourth-order valence-corrected chi connectivity index (χ4v) is 3.45. The monoisotopic (exact) mass is 345 g/mol. The molecule has 4 nitrogen and oxygen atoms in total. The molecule has 0 unspecified atom stereocenters. The summed E-state index contributed by atoms with van der Waals surface area (Å²) in [6.45, 7) is 2.70. The van der Waals surface area contributed by atoms with Gasteiger partial charge in [-0.15, -0.1) is 23.1 Å². The van der Waals surface area contributed by atoms with E-state index in [2.05, 4.69) is 16.7 Å². The lowest BCUT2D eigenvalue weighted by atomic mass is 10.3. The molecule has 1 aromatic heterocycles. The highest BCUT2D eigenvalue weighted by Crippen LogP contribution is 2.28. The van der Waals surface area contributed by atoms with E-state index in [1.54, 1.807) is 23.1 Å². The van der Waals surface area contributed by atoms with Crippen LogP contribution >= 0.6 is 23.1 Å². The van der Waals surface area contributed by atoms with Gasteiger partial charge in [0.15, 0.2) is 0 Å². The second kappa shape index (κ2) is 9.23. The van der Waals surface area contributed by atoms with Crippen molar-refractivity contribution in [2.24, 2.45) is 5.92 Å². The van der Waals surface area contributed by atoms with Crippen molar-refractivity contribution in [3.05, 3.63) is 46.7 Å². The molecule has 0 aliphatic heterocycles. The molecule has 2 aromatic rings. The third-order valence-corrected chi connectivity index (χ3v) is 5.29. The molecule has 2 N–H and O–H groups in total. The van der Waals surface area contributed by atoms with Crippen molar-refractivity contribution in [1.82, 2.24) is 5.32 Å². The topological polar surface area (TPSA) is 64.9 Å². The summed E-state index contributed by atoms with van der Waals surface area (Å²) in [5, 5.41) is 16.9. The number of nitrogens with one attached hydrogen (secondary N) is 2. The minimum absolute atomic E-state index is 0.00199. The van der Waals surface area contributed by atoms with Crippen molar-refractivity contribution >= 4 is 34.7 Å². The van der Waals surface area contributed by atoms with Gasteiger partial charge in [-0.25, -0.2) is 0 Å². The average molecular weight is 345 g/mol. The zero-order chi connectivity index (χ0) is 16.5. The Hall–Kier alpha value is -1.97. The Morgan fingerprint density at radius 3 is 2.91 bits per heavy atom. The standard InChI is InChI=1S/C17H19N3OS2/c1-13(9-18)12-23-16-7-3-2-6-15(16)19-11-17(21)20-10-14-5-4-8-22-14/h2-8,13,19H,10-12H2,1H3,(H,20,21)/t13-/m0/s1. The van der Waals surface area contributed by atoms with Crippen molar-refractivity contribution in [3.8, 4) is 6.07 Å². The maximum atomic E-state index is 11.9. The van der Waals surface area contributed by atoms with Crippen LogP contribution in [0.1, 0.15) is 11.8 Å². The fraction of sp³-hybridized carbons (Fsp3) is 0.294. The number of para-hydroxylation sites is 1. The molecule has 23 heavy (non-hydrogen) atoms. The predicted molar refractivity (Wildman–Crippen MR) is 96.6 cm³/mol. The number of benzene rings is 1. The summed E-state index contributed by atoms with van der Waals surface area (Å²) < 4.78 is 0. The van der Waals surface area contributed by atoms with E-state index in [1.165, 1.54) is 0 Å². The average Bonchev–Trinajstić information content (AvgIpc) is 3.10. The van der Waals surface area contributed by atoms with Crippen LogP contribution in [0.4, 0.5) is 5.69 Å². The quantitative estimate of drug-likeness (QED) is 0.716. The fourth-order valence-electron chi connectivity index (χ4n) is 1.83. The van der Waals surface area contributed by atoms with Crippen LogP contribution in [0.15, 0.2) is 46.7 Å². The Balaban J connectivity index is 1.82. The van der Waals surface area contributed by atoms with Crippen molar-refractivity contribution in [1.29, 1.82) is 5.26 Å². The smallest absolute Gasteiger partial charge is 0.239 e. The van der Waals surface area contributed by atoms with Crippen LogP contribution in [0.3, 0.4) is 0 Å². The van der Waals surface area contributed by atoms with E-state index >= 15 is 0 Å². The molecule has 6 heteroatoms. The second-order valence-corrected chi connectivity index (χ2v) is 7.14. The van der Waals surface area contributed by atoms with Gasteiger partial charge in [0.05, 0.1) is 25.1 Å². The van der Waals surface area contributed by atoms with Gasteiger partial charge in [-0.05, 0) is 30.5 Å². The lowest BCUT2D eigenvalue weighted by molar-refractivity contribution is -0.119. The number of nitrogens with zero attached hydrogens (tertiary/aromatic N) is 1. The van der Waals surface area contributed by atoms with Gasteiger partial charge >= 0.3 is 0 Å². The molecule has 0 aliphatic rings. The molecule has 0 fully saturated rings. The Kier molecular flexibility index (Phi) is 6.98. The van der Waals surface area contributed by atoms with Gasteiger partial charge in [-0.2, -0.15) is 5.26 Å². The Bertz CT molecular complexity index is 665. The van der Waals surface area contributed by atoms with Crippen molar-refractivity contribution < 1.29 is 4.79 Å². The molecule has 0 radical (unpaired) electrons. The van der Waals surface area contributed by atoms with Gasteiger partial charge in [0.2, 0.25) is 5.91 Å². The number of amides is 1. The second-order valence-electron chi connectivity index (χ2n) is 5.05. The highest BCUT2D eigenvalue weighted by atomic mass is 32.2. The van der Waals surface area contributed by atoms with E-state index in [4.69, 9.17) is 5.26 Å². The lowest BCUT2D eigenvalue weighted by Gasteiger charge is -2.12. The van der Waals surface area contributed by atoms with Gasteiger partial charge < -0.3 is 10.6 Å². The third-order valence-electron chi connectivity index (χ3n) is 3.08. The van der Waals surface area contributed by atoms with Crippen LogP contribution in [0.25, 0.3) is 0 Å². The number of hydrogen-bond donors (Lipinski definition) is 2. The number of hydrogen-bond acceptors (Lipinski definition) is 5. The van der Waals surface area contributed by atoms with Crippen LogP contribution in [0.5, 0.6) is 0 Å². The molecule has 1 aromatic carbocycles. The normalized spacial score (nSPS) is 11.5. The number of anilines is 1. The maximum Gasteiger partial charge on any atom is 0.239 e. The molecule has 120 valence electrons. The molecular weight excluding hydrogens is 326 g/mol. The van der Waals surface area contributed by atoms with E-state index in [0.29, 0.717) is 6.54 Å². The number of thiophene rings is 1. The number of rotatable bonds is 8. The van der Waals surface area contributed by atoms with Crippen LogP contribution in [-0.2, 0) is 11.3 Å². The summed E-state index contributed by atoms with van der Waals surface area (Å²) in [5.74, 6) is 0.700. The van der Waals surface area contributed by atoms with Crippen LogP contribution in [0.2, 0.25) is 0 Å². The van der Waals surface area contributed by atoms with Gasteiger partial charge in [0, 0.05) is 21.2 Å². The molecule has 1 heterocycles. The maximum absolute atomic E-state index is 11.9. The first-order chi connectivity index (χ1) is 11.2. The van der Waals surface area contributed by atoms with E-state index in [0.717, 1.165) is 21.2 Å². The molecule has 1 atom stereocenters. The minimum Gasteiger partial charge on any atom is -0.375 e. The van der Waals surface area contributed by atoms with E-state index < -0.39 is 0 Å². The zero-order valence-electron chi connectivity index (χ0n) is 12.9. The van der Waals surface area contributed by atoms with Gasteiger partial charge in [0.25, 0.3) is 0 Å². The number of carbonyl (C=O) groups excluding carboxylic acids is 1.